The molecule has 0 saturated carbocycles. The maximum Gasteiger partial charge on any atom is 0.414 e. The number of thioether (sulfide) groups is 1. The van der Waals surface area contributed by atoms with Crippen molar-refractivity contribution in [2.45, 2.75) is 5.37 Å². The molecule has 0 aromatic heterocycles. The van der Waals surface area contributed by atoms with Crippen LogP contribution < -0.4 is 16.0 Å². The number of hydrogen-bond donors (Lipinski definition) is 4. The number of carboxylic acids is 2. The number of hydrogen-bond acceptors (Lipinski definition) is 7. The number of benzene rings is 1. The van der Waals surface area contributed by atoms with Crippen molar-refractivity contribution in [3.8, 4) is 0 Å². The highest BCUT2D eigenvalue weighted by molar-refractivity contribution is 8.15. The van der Waals surface area contributed by atoms with E-state index in [0.717, 1.165) is 11.8 Å². The Bertz CT molecular complexity index is 653. The Morgan fingerprint density at radius 1 is 1.12 bits per heavy atom. The first-order chi connectivity index (χ1) is 11.2. The molecule has 0 radical (unpaired) electrons. The second-order valence-corrected chi connectivity index (χ2v) is 5.34. The van der Waals surface area contributed by atoms with Gasteiger partial charge in [0.25, 0.3) is 11.1 Å². The molecule has 3 amide bonds. The van der Waals surface area contributed by atoms with E-state index in [-0.39, 0.29) is 6.54 Å². The molecule has 2 rings (SSSR count). The van der Waals surface area contributed by atoms with Gasteiger partial charge in [-0.1, -0.05) is 18.2 Å². The van der Waals surface area contributed by atoms with Crippen molar-refractivity contribution in [2.75, 3.05) is 11.4 Å². The van der Waals surface area contributed by atoms with Gasteiger partial charge in [-0.3, -0.25) is 19.7 Å². The Morgan fingerprint density at radius 3 is 2.04 bits per heavy atom. The van der Waals surface area contributed by atoms with Gasteiger partial charge in [-0.25, -0.2) is 9.59 Å². The number of carbonyl (C=O) groups excluding carboxylic acids is 3. The third-order valence-electron chi connectivity index (χ3n) is 2.55. The lowest BCUT2D eigenvalue weighted by Gasteiger charge is -2.26. The summed E-state index contributed by atoms with van der Waals surface area (Å²) in [5, 5.41) is 15.8. The summed E-state index contributed by atoms with van der Waals surface area (Å²) in [4.78, 5) is 53.6. The number of amides is 3. The fourth-order valence-electron chi connectivity index (χ4n) is 1.65. The molecule has 24 heavy (non-hydrogen) atoms. The SMILES string of the molecule is NC(=O)CN(c1ccccc1)C1SC(=O)NC1=O.O=C(O)C(=O)O. The number of carboxylic acid groups (broad SMARTS) is 2. The monoisotopic (exact) mass is 355 g/mol. The average molecular weight is 355 g/mol. The molecule has 1 aliphatic rings. The second-order valence-electron chi connectivity index (χ2n) is 4.29. The van der Waals surface area contributed by atoms with Crippen LogP contribution in [0.4, 0.5) is 10.5 Å². The molecule has 1 fully saturated rings. The number of nitrogens with zero attached hydrogens (tertiary/aromatic N) is 1. The van der Waals surface area contributed by atoms with Crippen LogP contribution in [0.2, 0.25) is 0 Å². The molecule has 0 bridgehead atoms. The second kappa shape index (κ2) is 8.53. The van der Waals surface area contributed by atoms with E-state index in [1.54, 1.807) is 24.3 Å². The molecule has 0 aliphatic carbocycles. The third-order valence-corrected chi connectivity index (χ3v) is 3.56. The molecular formula is C13H13N3O7S. The fraction of sp³-hybridized carbons (Fsp3) is 0.154. The first-order valence-electron chi connectivity index (χ1n) is 6.30. The smallest absolute Gasteiger partial charge is 0.414 e. The van der Waals surface area contributed by atoms with E-state index in [1.165, 1.54) is 4.90 Å². The zero-order chi connectivity index (χ0) is 18.3. The normalized spacial score (nSPS) is 15.8. The molecular weight excluding hydrogens is 342 g/mol. The highest BCUT2D eigenvalue weighted by Gasteiger charge is 2.37. The first kappa shape index (κ1) is 19.0. The third kappa shape index (κ3) is 5.61. The predicted molar refractivity (Wildman–Crippen MR) is 83.2 cm³/mol. The van der Waals surface area contributed by atoms with Crippen LogP contribution in [-0.4, -0.2) is 51.1 Å². The van der Waals surface area contributed by atoms with Crippen molar-refractivity contribution in [3.63, 3.8) is 0 Å². The summed E-state index contributed by atoms with van der Waals surface area (Å²) in [7, 11) is 0. The highest BCUT2D eigenvalue weighted by Crippen LogP contribution is 2.27. The first-order valence-corrected chi connectivity index (χ1v) is 7.18. The van der Waals surface area contributed by atoms with Crippen molar-refractivity contribution in [3.05, 3.63) is 30.3 Å². The maximum absolute atomic E-state index is 11.6. The molecule has 0 spiro atoms. The van der Waals surface area contributed by atoms with Gasteiger partial charge >= 0.3 is 11.9 Å². The Morgan fingerprint density at radius 2 is 1.67 bits per heavy atom. The van der Waals surface area contributed by atoms with Crippen LogP contribution in [-0.2, 0) is 19.2 Å². The van der Waals surface area contributed by atoms with Crippen molar-refractivity contribution < 1.29 is 34.2 Å². The van der Waals surface area contributed by atoms with Crippen LogP contribution in [0.3, 0.4) is 0 Å². The molecule has 1 aromatic rings. The highest BCUT2D eigenvalue weighted by atomic mass is 32.2. The molecule has 1 unspecified atom stereocenters. The standard InChI is InChI=1S/C11H11N3O3S.C2H2O4/c12-8(15)6-14(7-4-2-1-3-5-7)10-9(16)13-11(17)18-10;3-1(4)2(5)6/h1-5,10H,6H2,(H2,12,15)(H,13,16,17);(H,3,4)(H,5,6). The van der Waals surface area contributed by atoms with Gasteiger partial charge in [0.1, 0.15) is 0 Å². The van der Waals surface area contributed by atoms with Gasteiger partial charge in [-0.15, -0.1) is 0 Å². The van der Waals surface area contributed by atoms with Crippen molar-refractivity contribution in [2.24, 2.45) is 5.73 Å². The average Bonchev–Trinajstić information content (AvgIpc) is 2.84. The predicted octanol–water partition coefficient (Wildman–Crippen LogP) is -0.557. The summed E-state index contributed by atoms with van der Waals surface area (Å²) in [6.45, 7) is -0.123. The Labute approximate surface area is 139 Å². The van der Waals surface area contributed by atoms with Crippen LogP contribution >= 0.6 is 11.8 Å². The molecule has 1 saturated heterocycles. The number of nitrogens with one attached hydrogen (secondary N) is 1. The number of nitrogens with two attached hydrogens (primary N) is 1. The number of primary amides is 1. The minimum Gasteiger partial charge on any atom is -0.473 e. The zero-order valence-electron chi connectivity index (χ0n) is 12.0. The van der Waals surface area contributed by atoms with Crippen LogP contribution in [0, 0.1) is 0 Å². The van der Waals surface area contributed by atoms with Gasteiger partial charge in [0, 0.05) is 5.69 Å². The van der Waals surface area contributed by atoms with Crippen LogP contribution in [0.15, 0.2) is 30.3 Å². The van der Waals surface area contributed by atoms with E-state index in [0.29, 0.717) is 5.69 Å². The number of aliphatic carboxylic acids is 2. The topological polar surface area (TPSA) is 167 Å². The largest absolute Gasteiger partial charge is 0.473 e. The van der Waals surface area contributed by atoms with Crippen molar-refractivity contribution >= 4 is 46.4 Å². The number of imide groups is 1. The molecule has 10 nitrogen and oxygen atoms in total. The lowest BCUT2D eigenvalue weighted by molar-refractivity contribution is -0.159. The summed E-state index contributed by atoms with van der Waals surface area (Å²) in [5.41, 5.74) is 5.84. The van der Waals surface area contributed by atoms with Gasteiger partial charge < -0.3 is 20.8 Å². The number of anilines is 1. The zero-order valence-corrected chi connectivity index (χ0v) is 12.9. The van der Waals surface area contributed by atoms with Gasteiger partial charge in [0.05, 0.1) is 6.54 Å². The summed E-state index contributed by atoms with van der Waals surface area (Å²) in [6, 6.07) is 8.88. The van der Waals surface area contributed by atoms with Gasteiger partial charge in [-0.05, 0) is 23.9 Å². The lowest BCUT2D eigenvalue weighted by Crippen LogP contribution is -2.44. The summed E-state index contributed by atoms with van der Waals surface area (Å²) >= 11 is 0.837. The van der Waals surface area contributed by atoms with Crippen LogP contribution in [0.1, 0.15) is 0 Å². The number of para-hydroxylation sites is 1. The Hall–Kier alpha value is -3.08. The lowest BCUT2D eigenvalue weighted by atomic mass is 10.2. The van der Waals surface area contributed by atoms with Gasteiger partial charge in [0.2, 0.25) is 5.91 Å². The van der Waals surface area contributed by atoms with Gasteiger partial charge in [-0.2, -0.15) is 0 Å². The van der Waals surface area contributed by atoms with E-state index < -0.39 is 34.4 Å². The van der Waals surface area contributed by atoms with E-state index in [2.05, 4.69) is 5.32 Å². The minimum atomic E-state index is -1.82. The molecule has 1 aliphatic heterocycles. The Balaban J connectivity index is 0.000000413. The summed E-state index contributed by atoms with van der Waals surface area (Å²) in [6.07, 6.45) is 0. The van der Waals surface area contributed by atoms with E-state index in [1.807, 2.05) is 6.07 Å². The van der Waals surface area contributed by atoms with Crippen molar-refractivity contribution in [1.29, 1.82) is 0 Å². The fourth-order valence-corrected chi connectivity index (χ4v) is 2.50. The quantitative estimate of drug-likeness (QED) is 0.518. The molecule has 11 heteroatoms. The van der Waals surface area contributed by atoms with E-state index >= 15 is 0 Å². The summed E-state index contributed by atoms with van der Waals surface area (Å²) in [5.74, 6) is -4.65. The maximum atomic E-state index is 11.6. The summed E-state index contributed by atoms with van der Waals surface area (Å²) < 4.78 is 0. The van der Waals surface area contributed by atoms with E-state index in [4.69, 9.17) is 25.5 Å². The van der Waals surface area contributed by atoms with E-state index in [9.17, 15) is 14.4 Å². The van der Waals surface area contributed by atoms with Crippen LogP contribution in [0.5, 0.6) is 0 Å². The van der Waals surface area contributed by atoms with Crippen molar-refractivity contribution in [1.82, 2.24) is 5.32 Å². The molecule has 128 valence electrons. The Kier molecular flexibility index (Phi) is 6.74. The molecule has 5 N–H and O–H groups in total. The minimum absolute atomic E-state index is 0.123. The van der Waals surface area contributed by atoms with Crippen LogP contribution in [0.25, 0.3) is 0 Å². The van der Waals surface area contributed by atoms with Gasteiger partial charge in [0.15, 0.2) is 5.37 Å². The molecule has 1 aromatic carbocycles. The molecule has 1 atom stereocenters. The number of carbonyl (C=O) groups is 5. The number of rotatable bonds is 4. The molecule has 1 heterocycles.